The third-order valence-electron chi connectivity index (χ3n) is 5.52. The fourth-order valence-corrected chi connectivity index (χ4v) is 3.75. The Kier molecular flexibility index (Phi) is 6.44. The van der Waals surface area contributed by atoms with Crippen molar-refractivity contribution in [2.45, 2.75) is 6.54 Å². The van der Waals surface area contributed by atoms with E-state index in [1.54, 1.807) is 12.3 Å². The summed E-state index contributed by atoms with van der Waals surface area (Å²) < 4.78 is 5.46. The van der Waals surface area contributed by atoms with E-state index in [-0.39, 0.29) is 5.75 Å². The van der Waals surface area contributed by atoms with Crippen molar-refractivity contribution in [1.82, 2.24) is 15.0 Å². The number of nitrogens with zero attached hydrogens (tertiary/aromatic N) is 5. The average Bonchev–Trinajstić information content (AvgIpc) is 2.90. The molecule has 3 aromatic carbocycles. The predicted molar refractivity (Wildman–Crippen MR) is 133 cm³/mol. The maximum absolute atomic E-state index is 10.4. The third kappa shape index (κ3) is 5.05. The summed E-state index contributed by atoms with van der Waals surface area (Å²) in [5, 5.41) is 19.9. The number of hydrogen-bond acceptors (Lipinski definition) is 9. The van der Waals surface area contributed by atoms with Crippen LogP contribution in [0.3, 0.4) is 0 Å². The van der Waals surface area contributed by atoms with E-state index in [0.717, 1.165) is 16.3 Å². The molecule has 0 atom stereocenters. The Hall–Kier alpha value is -4.24. The number of rotatable bonds is 7. The Morgan fingerprint density at radius 3 is 2.53 bits per heavy atom. The van der Waals surface area contributed by atoms with Crippen molar-refractivity contribution in [1.29, 1.82) is 0 Å². The second-order valence-corrected chi connectivity index (χ2v) is 7.81. The number of nitrogens with one attached hydrogen (secondary N) is 2. The summed E-state index contributed by atoms with van der Waals surface area (Å²) in [5.41, 5.74) is 4.64. The lowest BCUT2D eigenvalue weighted by molar-refractivity contribution is 0.122. The first kappa shape index (κ1) is 21.6. The van der Waals surface area contributed by atoms with E-state index in [2.05, 4.69) is 35.7 Å². The molecule has 1 fully saturated rings. The highest BCUT2D eigenvalue weighted by atomic mass is 16.5. The van der Waals surface area contributed by atoms with E-state index >= 15 is 0 Å². The number of benzene rings is 3. The molecule has 0 saturated carbocycles. The molecule has 3 N–H and O–H groups in total. The number of morpholine rings is 1. The lowest BCUT2D eigenvalue weighted by Crippen LogP contribution is -2.37. The first-order valence-electron chi connectivity index (χ1n) is 11.1. The van der Waals surface area contributed by atoms with Crippen LogP contribution in [-0.4, -0.2) is 52.6 Å². The fraction of sp³-hybridized carbons (Fsp3) is 0.200. The molecular formula is C25H25N7O2. The molecule has 1 saturated heterocycles. The second kappa shape index (κ2) is 10.1. The van der Waals surface area contributed by atoms with Gasteiger partial charge in [-0.1, -0.05) is 60.7 Å². The van der Waals surface area contributed by atoms with E-state index in [0.29, 0.717) is 56.3 Å². The van der Waals surface area contributed by atoms with Crippen molar-refractivity contribution in [3.8, 4) is 5.75 Å². The Balaban J connectivity index is 1.39. The van der Waals surface area contributed by atoms with E-state index in [1.807, 2.05) is 60.7 Å². The maximum atomic E-state index is 10.4. The molecule has 172 valence electrons. The number of ether oxygens (including phenoxy) is 1. The summed E-state index contributed by atoms with van der Waals surface area (Å²) in [4.78, 5) is 15.7. The van der Waals surface area contributed by atoms with Crippen molar-refractivity contribution in [2.24, 2.45) is 5.10 Å². The van der Waals surface area contributed by atoms with Crippen LogP contribution in [0.4, 0.5) is 17.8 Å². The van der Waals surface area contributed by atoms with Gasteiger partial charge in [0.15, 0.2) is 0 Å². The topological polar surface area (TPSA) is 108 Å². The van der Waals surface area contributed by atoms with Crippen LogP contribution in [0.1, 0.15) is 11.1 Å². The van der Waals surface area contributed by atoms with Crippen LogP contribution in [0.25, 0.3) is 10.8 Å². The molecule has 1 aromatic heterocycles. The highest BCUT2D eigenvalue weighted by Gasteiger charge is 2.16. The minimum Gasteiger partial charge on any atom is -0.507 e. The fourth-order valence-electron chi connectivity index (χ4n) is 3.75. The Labute approximate surface area is 197 Å². The number of fused-ring (bicyclic) bond motifs is 1. The number of aromatic hydroxyl groups is 1. The predicted octanol–water partition coefficient (Wildman–Crippen LogP) is 3.63. The van der Waals surface area contributed by atoms with E-state index in [4.69, 9.17) is 4.74 Å². The summed E-state index contributed by atoms with van der Waals surface area (Å²) >= 11 is 0. The lowest BCUT2D eigenvalue weighted by Gasteiger charge is -2.27. The van der Waals surface area contributed by atoms with E-state index in [1.165, 1.54) is 0 Å². The minimum atomic E-state index is 0.152. The number of hydrogen-bond donors (Lipinski definition) is 3. The highest BCUT2D eigenvalue weighted by Crippen LogP contribution is 2.25. The molecule has 1 aliphatic heterocycles. The Bertz CT molecular complexity index is 1290. The Morgan fingerprint density at radius 1 is 0.912 bits per heavy atom. The first-order valence-corrected chi connectivity index (χ1v) is 11.1. The van der Waals surface area contributed by atoms with E-state index in [9.17, 15) is 5.11 Å². The van der Waals surface area contributed by atoms with Gasteiger partial charge in [-0.25, -0.2) is 5.43 Å². The van der Waals surface area contributed by atoms with Crippen LogP contribution >= 0.6 is 0 Å². The van der Waals surface area contributed by atoms with Crippen molar-refractivity contribution in [2.75, 3.05) is 41.9 Å². The van der Waals surface area contributed by atoms with Crippen LogP contribution in [0.15, 0.2) is 71.8 Å². The monoisotopic (exact) mass is 455 g/mol. The quantitative estimate of drug-likeness (QED) is 0.286. The SMILES string of the molecule is Oc1ccc2ccccc2c1/C=N\Nc1nc(NCc2ccccc2)nc(N2CCOCC2)n1. The number of phenolic OH excluding ortho intramolecular Hbond substituents is 1. The molecule has 34 heavy (non-hydrogen) atoms. The van der Waals surface area contributed by atoms with Gasteiger partial charge in [-0.05, 0) is 22.4 Å². The molecule has 0 amide bonds. The highest BCUT2D eigenvalue weighted by molar-refractivity contribution is 6.02. The zero-order valence-corrected chi connectivity index (χ0v) is 18.6. The van der Waals surface area contributed by atoms with Gasteiger partial charge in [-0.2, -0.15) is 20.1 Å². The summed E-state index contributed by atoms with van der Waals surface area (Å²) in [5.74, 6) is 1.47. The van der Waals surface area contributed by atoms with Gasteiger partial charge in [-0.3, -0.25) is 0 Å². The van der Waals surface area contributed by atoms with E-state index < -0.39 is 0 Å². The second-order valence-electron chi connectivity index (χ2n) is 7.81. The van der Waals surface area contributed by atoms with Gasteiger partial charge in [0.2, 0.25) is 17.8 Å². The number of phenols is 1. The summed E-state index contributed by atoms with van der Waals surface area (Å²) in [6, 6.07) is 21.4. The molecular weight excluding hydrogens is 430 g/mol. The molecule has 9 heteroatoms. The lowest BCUT2D eigenvalue weighted by atomic mass is 10.0. The van der Waals surface area contributed by atoms with Gasteiger partial charge >= 0.3 is 0 Å². The molecule has 1 aliphatic rings. The molecule has 0 unspecified atom stereocenters. The van der Waals surface area contributed by atoms with Crippen LogP contribution in [-0.2, 0) is 11.3 Å². The zero-order chi connectivity index (χ0) is 23.2. The molecule has 0 aliphatic carbocycles. The number of hydrazone groups is 1. The van der Waals surface area contributed by atoms with Gasteiger partial charge in [0.05, 0.1) is 19.4 Å². The summed E-state index contributed by atoms with van der Waals surface area (Å²) in [7, 11) is 0. The summed E-state index contributed by atoms with van der Waals surface area (Å²) in [6.45, 7) is 3.24. The average molecular weight is 456 g/mol. The maximum Gasteiger partial charge on any atom is 0.250 e. The molecule has 0 bridgehead atoms. The molecule has 0 spiro atoms. The number of anilines is 3. The standard InChI is InChI=1S/C25H25N7O2/c33-22-11-10-19-8-4-5-9-20(19)21(22)17-27-31-24-28-23(26-16-18-6-2-1-3-7-18)29-25(30-24)32-12-14-34-15-13-32/h1-11,17,33H,12-16H2,(H2,26,28,29,30,31)/b27-17-. The largest absolute Gasteiger partial charge is 0.507 e. The molecule has 2 heterocycles. The van der Waals surface area contributed by atoms with Crippen LogP contribution in [0.5, 0.6) is 5.75 Å². The van der Waals surface area contributed by atoms with Crippen molar-refractivity contribution >= 4 is 34.8 Å². The van der Waals surface area contributed by atoms with Crippen molar-refractivity contribution in [3.63, 3.8) is 0 Å². The Morgan fingerprint density at radius 2 is 1.68 bits per heavy atom. The molecule has 9 nitrogen and oxygen atoms in total. The van der Waals surface area contributed by atoms with Crippen LogP contribution in [0, 0.1) is 0 Å². The van der Waals surface area contributed by atoms with Crippen molar-refractivity contribution in [3.05, 3.63) is 77.9 Å². The molecule has 4 aromatic rings. The van der Waals surface area contributed by atoms with Crippen molar-refractivity contribution < 1.29 is 9.84 Å². The van der Waals surface area contributed by atoms with Crippen LogP contribution in [0.2, 0.25) is 0 Å². The first-order chi connectivity index (χ1) is 16.8. The van der Waals surface area contributed by atoms with Gasteiger partial charge in [0.25, 0.3) is 0 Å². The number of aromatic nitrogens is 3. The van der Waals surface area contributed by atoms with Gasteiger partial charge in [0, 0.05) is 25.2 Å². The molecule has 0 radical (unpaired) electrons. The van der Waals surface area contributed by atoms with Gasteiger partial charge in [0.1, 0.15) is 5.75 Å². The van der Waals surface area contributed by atoms with Gasteiger partial charge < -0.3 is 20.1 Å². The third-order valence-corrected chi connectivity index (χ3v) is 5.52. The zero-order valence-electron chi connectivity index (χ0n) is 18.6. The normalized spacial score (nSPS) is 13.9. The summed E-state index contributed by atoms with van der Waals surface area (Å²) in [6.07, 6.45) is 1.58. The molecule has 5 rings (SSSR count). The van der Waals surface area contributed by atoms with Crippen LogP contribution < -0.4 is 15.6 Å². The minimum absolute atomic E-state index is 0.152. The van der Waals surface area contributed by atoms with Gasteiger partial charge in [-0.15, -0.1) is 0 Å². The smallest absolute Gasteiger partial charge is 0.250 e.